The van der Waals surface area contributed by atoms with Gasteiger partial charge in [-0.3, -0.25) is 9.79 Å². The van der Waals surface area contributed by atoms with Crippen LogP contribution in [0.1, 0.15) is 37.7 Å². The third-order valence-corrected chi connectivity index (χ3v) is 4.26. The molecule has 0 saturated heterocycles. The van der Waals surface area contributed by atoms with Gasteiger partial charge >= 0.3 is 5.97 Å². The molecule has 0 aromatic heterocycles. The van der Waals surface area contributed by atoms with Crippen LogP contribution in [0.15, 0.2) is 29.3 Å². The van der Waals surface area contributed by atoms with E-state index in [0.29, 0.717) is 6.42 Å². The molecule has 0 radical (unpaired) electrons. The van der Waals surface area contributed by atoms with Crippen LogP contribution in [0.4, 0.5) is 0 Å². The van der Waals surface area contributed by atoms with E-state index in [1.165, 1.54) is 12.7 Å². The lowest BCUT2D eigenvalue weighted by atomic mass is 10.1. The molecule has 0 amide bonds. The van der Waals surface area contributed by atoms with E-state index in [1.807, 2.05) is 18.2 Å². The number of methoxy groups -OCH3 is 1. The van der Waals surface area contributed by atoms with Gasteiger partial charge in [-0.25, -0.2) is 0 Å². The van der Waals surface area contributed by atoms with Gasteiger partial charge in [0.05, 0.1) is 13.7 Å². The molecule has 25 heavy (non-hydrogen) atoms. The standard InChI is InChI=1S/C19H29N3O3/c1-20-19(21-12-8-4-3-5-11-18(23)24-2)22-14-16-13-15-9-6-7-10-17(15)25-16/h6-7,9-10,16H,3-5,8,11-14H2,1-2H3,(H2,20,21,22). The minimum Gasteiger partial charge on any atom is -0.488 e. The zero-order valence-corrected chi connectivity index (χ0v) is 15.2. The predicted octanol–water partition coefficient (Wildman–Crippen LogP) is 2.28. The minimum atomic E-state index is -0.126. The van der Waals surface area contributed by atoms with Crippen molar-refractivity contribution in [2.75, 3.05) is 27.2 Å². The van der Waals surface area contributed by atoms with Crippen molar-refractivity contribution in [3.63, 3.8) is 0 Å². The minimum absolute atomic E-state index is 0.126. The second kappa shape index (κ2) is 10.6. The highest BCUT2D eigenvalue weighted by Crippen LogP contribution is 2.27. The number of rotatable bonds is 9. The molecule has 0 saturated carbocycles. The summed E-state index contributed by atoms with van der Waals surface area (Å²) in [6, 6.07) is 8.18. The van der Waals surface area contributed by atoms with Crippen LogP contribution in [-0.2, 0) is 16.0 Å². The predicted molar refractivity (Wildman–Crippen MR) is 99.0 cm³/mol. The van der Waals surface area contributed by atoms with Gasteiger partial charge in [0, 0.05) is 26.4 Å². The number of carbonyl (C=O) groups excluding carboxylic acids is 1. The van der Waals surface area contributed by atoms with Gasteiger partial charge in [0.2, 0.25) is 0 Å². The number of fused-ring (bicyclic) bond motifs is 1. The van der Waals surface area contributed by atoms with Gasteiger partial charge in [-0.2, -0.15) is 0 Å². The molecule has 2 N–H and O–H groups in total. The van der Waals surface area contributed by atoms with E-state index in [0.717, 1.165) is 56.9 Å². The fourth-order valence-corrected chi connectivity index (χ4v) is 2.86. The largest absolute Gasteiger partial charge is 0.488 e. The Morgan fingerprint density at radius 3 is 2.80 bits per heavy atom. The summed E-state index contributed by atoms with van der Waals surface area (Å²) in [5.41, 5.74) is 1.27. The highest BCUT2D eigenvalue weighted by molar-refractivity contribution is 5.79. The molecule has 1 aliphatic rings. The van der Waals surface area contributed by atoms with Crippen LogP contribution < -0.4 is 15.4 Å². The number of hydrogen-bond acceptors (Lipinski definition) is 4. The molecule has 1 heterocycles. The van der Waals surface area contributed by atoms with Crippen LogP contribution >= 0.6 is 0 Å². The Morgan fingerprint density at radius 1 is 1.24 bits per heavy atom. The summed E-state index contributed by atoms with van der Waals surface area (Å²) < 4.78 is 10.5. The summed E-state index contributed by atoms with van der Waals surface area (Å²) >= 11 is 0. The maximum absolute atomic E-state index is 11.0. The number of esters is 1. The highest BCUT2D eigenvalue weighted by atomic mass is 16.5. The number of carbonyl (C=O) groups is 1. The van der Waals surface area contributed by atoms with Crippen molar-refractivity contribution >= 4 is 11.9 Å². The monoisotopic (exact) mass is 347 g/mol. The molecule has 1 aliphatic heterocycles. The van der Waals surface area contributed by atoms with Crippen molar-refractivity contribution in [2.24, 2.45) is 4.99 Å². The van der Waals surface area contributed by atoms with Gasteiger partial charge < -0.3 is 20.1 Å². The van der Waals surface area contributed by atoms with Crippen LogP contribution in [0.25, 0.3) is 0 Å². The molecule has 2 rings (SSSR count). The molecule has 0 fully saturated rings. The number of aliphatic imine (C=N–C) groups is 1. The van der Waals surface area contributed by atoms with E-state index in [2.05, 4.69) is 26.4 Å². The Kier molecular flexibility index (Phi) is 8.09. The van der Waals surface area contributed by atoms with Crippen LogP contribution in [-0.4, -0.2) is 45.3 Å². The lowest BCUT2D eigenvalue weighted by Gasteiger charge is -2.15. The Labute approximate surface area is 150 Å². The average Bonchev–Trinajstić information content (AvgIpc) is 3.06. The first-order chi connectivity index (χ1) is 12.2. The molecular formula is C19H29N3O3. The summed E-state index contributed by atoms with van der Waals surface area (Å²) in [5, 5.41) is 6.64. The summed E-state index contributed by atoms with van der Waals surface area (Å²) in [6.45, 7) is 1.59. The molecule has 138 valence electrons. The second-order valence-electron chi connectivity index (χ2n) is 6.17. The fourth-order valence-electron chi connectivity index (χ4n) is 2.86. The number of hydrogen-bond donors (Lipinski definition) is 2. The first-order valence-electron chi connectivity index (χ1n) is 8.99. The van der Waals surface area contributed by atoms with E-state index >= 15 is 0 Å². The number of ether oxygens (including phenoxy) is 2. The molecule has 1 aromatic rings. The quantitative estimate of drug-likeness (QED) is 0.310. The van der Waals surface area contributed by atoms with Crippen LogP contribution in [0.2, 0.25) is 0 Å². The topological polar surface area (TPSA) is 72.0 Å². The highest BCUT2D eigenvalue weighted by Gasteiger charge is 2.22. The SMILES string of the molecule is CN=C(NCCCCCCC(=O)OC)NCC1Cc2ccccc2O1. The maximum atomic E-state index is 11.0. The third kappa shape index (κ3) is 6.64. The average molecular weight is 347 g/mol. The number of benzene rings is 1. The number of nitrogens with zero attached hydrogens (tertiary/aromatic N) is 1. The smallest absolute Gasteiger partial charge is 0.305 e. The molecule has 0 bridgehead atoms. The molecule has 1 aromatic carbocycles. The summed E-state index contributed by atoms with van der Waals surface area (Å²) in [4.78, 5) is 15.3. The molecular weight excluding hydrogens is 318 g/mol. The zero-order valence-electron chi connectivity index (χ0n) is 15.2. The Bertz CT molecular complexity index is 550. The van der Waals surface area contributed by atoms with Crippen molar-refractivity contribution < 1.29 is 14.3 Å². The summed E-state index contributed by atoms with van der Waals surface area (Å²) in [6.07, 6.45) is 5.65. The lowest BCUT2D eigenvalue weighted by Crippen LogP contribution is -2.42. The Balaban J connectivity index is 1.54. The number of unbranched alkanes of at least 4 members (excludes halogenated alkanes) is 3. The molecule has 1 unspecified atom stereocenters. The van der Waals surface area contributed by atoms with Crippen molar-refractivity contribution in [1.29, 1.82) is 0 Å². The second-order valence-corrected chi connectivity index (χ2v) is 6.17. The van der Waals surface area contributed by atoms with Gasteiger partial charge in [-0.05, 0) is 24.5 Å². The van der Waals surface area contributed by atoms with Crippen LogP contribution in [0.5, 0.6) is 5.75 Å². The van der Waals surface area contributed by atoms with Gasteiger partial charge in [-0.15, -0.1) is 0 Å². The fraction of sp³-hybridized carbons (Fsp3) is 0.579. The first kappa shape index (κ1) is 19.1. The van der Waals surface area contributed by atoms with Crippen LogP contribution in [0.3, 0.4) is 0 Å². The van der Waals surface area contributed by atoms with E-state index in [4.69, 9.17) is 4.74 Å². The maximum Gasteiger partial charge on any atom is 0.305 e. The number of nitrogens with one attached hydrogen (secondary N) is 2. The van der Waals surface area contributed by atoms with Gasteiger partial charge in [0.15, 0.2) is 5.96 Å². The number of para-hydroxylation sites is 1. The van der Waals surface area contributed by atoms with Crippen molar-refractivity contribution in [3.8, 4) is 5.75 Å². The van der Waals surface area contributed by atoms with Crippen molar-refractivity contribution in [2.45, 2.75) is 44.6 Å². The molecule has 0 spiro atoms. The number of guanidine groups is 1. The van der Waals surface area contributed by atoms with E-state index in [-0.39, 0.29) is 12.1 Å². The molecule has 6 heteroatoms. The normalized spacial score (nSPS) is 16.1. The van der Waals surface area contributed by atoms with Crippen LogP contribution in [0, 0.1) is 0 Å². The lowest BCUT2D eigenvalue weighted by molar-refractivity contribution is -0.140. The van der Waals surface area contributed by atoms with Gasteiger partial charge in [0.1, 0.15) is 11.9 Å². The van der Waals surface area contributed by atoms with Crippen molar-refractivity contribution in [3.05, 3.63) is 29.8 Å². The summed E-state index contributed by atoms with van der Waals surface area (Å²) in [7, 11) is 3.20. The molecule has 0 aliphatic carbocycles. The molecule has 6 nitrogen and oxygen atoms in total. The Morgan fingerprint density at radius 2 is 2.04 bits per heavy atom. The first-order valence-corrected chi connectivity index (χ1v) is 8.99. The Hall–Kier alpha value is -2.24. The van der Waals surface area contributed by atoms with Gasteiger partial charge in [-0.1, -0.05) is 31.0 Å². The summed E-state index contributed by atoms with van der Waals surface area (Å²) in [5.74, 6) is 1.66. The van der Waals surface area contributed by atoms with Gasteiger partial charge in [0.25, 0.3) is 0 Å². The third-order valence-electron chi connectivity index (χ3n) is 4.26. The zero-order chi connectivity index (χ0) is 17.9. The van der Waals surface area contributed by atoms with E-state index < -0.39 is 0 Å². The molecule has 1 atom stereocenters. The van der Waals surface area contributed by atoms with E-state index in [1.54, 1.807) is 7.05 Å². The van der Waals surface area contributed by atoms with Crippen molar-refractivity contribution in [1.82, 2.24) is 10.6 Å². The van der Waals surface area contributed by atoms with E-state index in [9.17, 15) is 4.79 Å².